The molecule has 1 aliphatic rings. The van der Waals surface area contributed by atoms with Gasteiger partial charge < -0.3 is 23.7 Å². The lowest BCUT2D eigenvalue weighted by molar-refractivity contribution is -0.195. The molecule has 1 rings (SSSR count). The number of ether oxygens (including phenoxy) is 5. The fourth-order valence-electron chi connectivity index (χ4n) is 2.45. The highest BCUT2D eigenvalue weighted by Crippen LogP contribution is 2.38. The summed E-state index contributed by atoms with van der Waals surface area (Å²) in [6.07, 6.45) is -3.59. The predicted molar refractivity (Wildman–Crippen MR) is 90.2 cm³/mol. The van der Waals surface area contributed by atoms with Crippen LogP contribution in [0.25, 0.3) is 0 Å². The van der Waals surface area contributed by atoms with E-state index in [1.54, 1.807) is 0 Å². The third-order valence-electron chi connectivity index (χ3n) is 3.23. The van der Waals surface area contributed by atoms with Gasteiger partial charge >= 0.3 is 29.8 Å². The summed E-state index contributed by atoms with van der Waals surface area (Å²) in [6.45, 7) is 5.55. The highest BCUT2D eigenvalue weighted by Gasteiger charge is 2.53. The van der Waals surface area contributed by atoms with Crippen molar-refractivity contribution >= 4 is 41.6 Å². The SMILES string of the molecule is CC(=O)OC[C@H]1SC(OC(C)=O)[C@@H](OC(C)=O)[C@@H](OC(C)=O)[C@@H]1OC(C)=O. The quantitative estimate of drug-likeness (QED) is 0.447. The molecule has 0 aliphatic carbocycles. The van der Waals surface area contributed by atoms with E-state index in [-0.39, 0.29) is 6.61 Å². The van der Waals surface area contributed by atoms with Gasteiger partial charge in [0.2, 0.25) is 0 Å². The molecule has 0 amide bonds. The molecule has 0 aromatic carbocycles. The zero-order valence-electron chi connectivity index (χ0n) is 15.6. The van der Waals surface area contributed by atoms with Crippen LogP contribution in [0.3, 0.4) is 0 Å². The van der Waals surface area contributed by atoms with Crippen molar-refractivity contribution in [2.45, 2.75) is 63.6 Å². The van der Waals surface area contributed by atoms with E-state index in [1.807, 2.05) is 0 Å². The maximum Gasteiger partial charge on any atom is 0.303 e. The molecule has 1 saturated heterocycles. The Morgan fingerprint density at radius 3 is 1.52 bits per heavy atom. The van der Waals surface area contributed by atoms with Crippen LogP contribution in [0.1, 0.15) is 34.6 Å². The molecule has 0 saturated carbocycles. The molecule has 0 bridgehead atoms. The normalized spacial score (nSPS) is 27.1. The Hall–Kier alpha value is -2.30. The summed E-state index contributed by atoms with van der Waals surface area (Å²) in [7, 11) is 0. The number of hydrogen-bond donors (Lipinski definition) is 0. The fraction of sp³-hybridized carbons (Fsp3) is 0.688. The van der Waals surface area contributed by atoms with Crippen molar-refractivity contribution < 1.29 is 47.7 Å². The van der Waals surface area contributed by atoms with Crippen LogP contribution in [0.15, 0.2) is 0 Å². The molecule has 0 aromatic rings. The van der Waals surface area contributed by atoms with Crippen LogP contribution in [0.2, 0.25) is 0 Å². The minimum absolute atomic E-state index is 0.208. The first-order valence-corrected chi connectivity index (χ1v) is 8.93. The summed E-state index contributed by atoms with van der Waals surface area (Å²) in [6, 6.07) is 0. The lowest BCUT2D eigenvalue weighted by Gasteiger charge is -2.43. The molecule has 0 spiro atoms. The molecule has 0 N–H and O–H groups in total. The van der Waals surface area contributed by atoms with Crippen LogP contribution in [-0.2, 0) is 47.7 Å². The highest BCUT2D eigenvalue weighted by molar-refractivity contribution is 8.00. The molecular formula is C16H22O10S. The summed E-state index contributed by atoms with van der Waals surface area (Å²) in [5.74, 6) is -3.36. The standard InChI is InChI=1S/C16H22O10S/c1-7(17)22-6-12-13(23-8(2)18)14(24-9(3)19)15(25-10(4)20)16(27-12)26-11(5)21/h12-16H,6H2,1-5H3/t12-,13-,14+,15+,16?/m1/s1. The average Bonchev–Trinajstić information content (AvgIpc) is 2.49. The molecule has 10 nitrogen and oxygen atoms in total. The number of thioether (sulfide) groups is 1. The molecule has 0 aromatic heterocycles. The first-order chi connectivity index (χ1) is 12.5. The van der Waals surface area contributed by atoms with E-state index in [2.05, 4.69) is 0 Å². The van der Waals surface area contributed by atoms with Crippen molar-refractivity contribution in [2.24, 2.45) is 0 Å². The number of carbonyl (C=O) groups excluding carboxylic acids is 5. The minimum atomic E-state index is -1.26. The summed E-state index contributed by atoms with van der Waals surface area (Å²) >= 11 is 0.967. The molecule has 1 heterocycles. The van der Waals surface area contributed by atoms with Gasteiger partial charge in [0.1, 0.15) is 6.61 Å². The number of rotatable bonds is 6. The lowest BCUT2D eigenvalue weighted by atomic mass is 10.0. The minimum Gasteiger partial charge on any atom is -0.465 e. The second-order valence-electron chi connectivity index (χ2n) is 5.68. The monoisotopic (exact) mass is 406 g/mol. The van der Waals surface area contributed by atoms with Gasteiger partial charge in [-0.3, -0.25) is 24.0 Å². The van der Waals surface area contributed by atoms with Crippen LogP contribution in [0.5, 0.6) is 0 Å². The Morgan fingerprint density at radius 2 is 1.07 bits per heavy atom. The van der Waals surface area contributed by atoms with Gasteiger partial charge in [0, 0.05) is 34.6 Å². The van der Waals surface area contributed by atoms with Crippen molar-refractivity contribution in [3.8, 4) is 0 Å². The van der Waals surface area contributed by atoms with E-state index < -0.39 is 58.8 Å². The van der Waals surface area contributed by atoms with Gasteiger partial charge in [0.05, 0.1) is 5.25 Å². The van der Waals surface area contributed by atoms with Crippen molar-refractivity contribution in [3.63, 3.8) is 0 Å². The fourth-order valence-corrected chi connectivity index (χ4v) is 3.86. The van der Waals surface area contributed by atoms with E-state index in [0.29, 0.717) is 0 Å². The van der Waals surface area contributed by atoms with Gasteiger partial charge in [0.15, 0.2) is 23.7 Å². The largest absolute Gasteiger partial charge is 0.465 e. The summed E-state index contributed by atoms with van der Waals surface area (Å²) < 4.78 is 25.8. The lowest BCUT2D eigenvalue weighted by Crippen LogP contribution is -2.59. The number of esters is 5. The van der Waals surface area contributed by atoms with E-state index in [0.717, 1.165) is 39.5 Å². The topological polar surface area (TPSA) is 132 Å². The Balaban J connectivity index is 3.29. The van der Waals surface area contributed by atoms with Gasteiger partial charge in [-0.15, -0.1) is 11.8 Å². The van der Waals surface area contributed by atoms with Crippen LogP contribution in [-0.4, -0.2) is 65.5 Å². The molecule has 1 unspecified atom stereocenters. The second kappa shape index (κ2) is 10.1. The number of hydrogen-bond acceptors (Lipinski definition) is 11. The molecule has 5 atom stereocenters. The van der Waals surface area contributed by atoms with Gasteiger partial charge in [-0.25, -0.2) is 0 Å². The molecule has 1 fully saturated rings. The van der Waals surface area contributed by atoms with Crippen molar-refractivity contribution in [1.82, 2.24) is 0 Å². The molecular weight excluding hydrogens is 384 g/mol. The summed E-state index contributed by atoms with van der Waals surface area (Å²) in [5, 5.41) is -0.738. The van der Waals surface area contributed by atoms with Crippen molar-refractivity contribution in [2.75, 3.05) is 6.61 Å². The molecule has 11 heteroatoms. The van der Waals surface area contributed by atoms with Crippen molar-refractivity contribution in [3.05, 3.63) is 0 Å². The smallest absolute Gasteiger partial charge is 0.303 e. The summed E-state index contributed by atoms with van der Waals surface area (Å²) in [5.41, 5.74) is -1.07. The maximum atomic E-state index is 11.6. The Bertz CT molecular complexity index is 604. The molecule has 0 radical (unpaired) electrons. The third-order valence-corrected chi connectivity index (χ3v) is 4.62. The molecule has 1 aliphatic heterocycles. The van der Waals surface area contributed by atoms with Crippen molar-refractivity contribution in [1.29, 1.82) is 0 Å². The molecule has 152 valence electrons. The van der Waals surface area contributed by atoms with E-state index in [1.165, 1.54) is 6.92 Å². The summed E-state index contributed by atoms with van der Waals surface area (Å²) in [4.78, 5) is 57.2. The van der Waals surface area contributed by atoms with Gasteiger partial charge in [-0.2, -0.15) is 0 Å². The van der Waals surface area contributed by atoms with Gasteiger partial charge in [-0.1, -0.05) is 0 Å². The average molecular weight is 406 g/mol. The van der Waals surface area contributed by atoms with Gasteiger partial charge in [0.25, 0.3) is 0 Å². The van der Waals surface area contributed by atoms with E-state index in [4.69, 9.17) is 23.7 Å². The predicted octanol–water partition coefficient (Wildman–Crippen LogP) is 0.349. The first kappa shape index (κ1) is 22.7. The zero-order chi connectivity index (χ0) is 20.7. The highest BCUT2D eigenvalue weighted by atomic mass is 32.2. The van der Waals surface area contributed by atoms with Crippen LogP contribution < -0.4 is 0 Å². The zero-order valence-corrected chi connectivity index (χ0v) is 16.4. The first-order valence-electron chi connectivity index (χ1n) is 7.99. The Labute approximate surface area is 160 Å². The Kier molecular flexibility index (Phi) is 8.54. The molecule has 27 heavy (non-hydrogen) atoms. The van der Waals surface area contributed by atoms with Crippen LogP contribution >= 0.6 is 11.8 Å². The second-order valence-corrected chi connectivity index (χ2v) is 7.02. The van der Waals surface area contributed by atoms with Crippen LogP contribution in [0, 0.1) is 0 Å². The van der Waals surface area contributed by atoms with E-state index >= 15 is 0 Å². The van der Waals surface area contributed by atoms with Crippen LogP contribution in [0.4, 0.5) is 0 Å². The Morgan fingerprint density at radius 1 is 0.630 bits per heavy atom. The third kappa shape index (κ3) is 7.45. The van der Waals surface area contributed by atoms with E-state index in [9.17, 15) is 24.0 Å². The number of carbonyl (C=O) groups is 5. The maximum absolute atomic E-state index is 11.6. The van der Waals surface area contributed by atoms with Gasteiger partial charge in [-0.05, 0) is 0 Å².